The lowest BCUT2D eigenvalue weighted by Crippen LogP contribution is -2.05. The first-order valence-corrected chi connectivity index (χ1v) is 5.15. The van der Waals surface area contributed by atoms with Gasteiger partial charge in [0.15, 0.2) is 5.82 Å². The van der Waals surface area contributed by atoms with Gasteiger partial charge in [0.25, 0.3) is 0 Å². The van der Waals surface area contributed by atoms with Gasteiger partial charge in [0.05, 0.1) is 16.9 Å². The summed E-state index contributed by atoms with van der Waals surface area (Å²) in [6.45, 7) is 0. The van der Waals surface area contributed by atoms with Crippen molar-refractivity contribution in [1.82, 2.24) is 19.7 Å². The molecule has 0 radical (unpaired) electrons. The van der Waals surface area contributed by atoms with Gasteiger partial charge in [-0.05, 0) is 22.6 Å². The van der Waals surface area contributed by atoms with E-state index in [1.807, 2.05) is 6.20 Å². The summed E-state index contributed by atoms with van der Waals surface area (Å²) in [6.07, 6.45) is 4.92. The third-order valence-corrected chi connectivity index (χ3v) is 2.34. The summed E-state index contributed by atoms with van der Waals surface area (Å²) in [7, 11) is 1.52. The van der Waals surface area contributed by atoms with E-state index in [9.17, 15) is 0 Å². The highest BCUT2D eigenvalue weighted by Gasteiger charge is 2.11. The number of nitrogens with zero attached hydrogens (tertiary/aromatic N) is 4. The number of nitrogens with two attached hydrogens (primary N) is 1. The summed E-state index contributed by atoms with van der Waals surface area (Å²) in [5, 5.41) is 4.12. The van der Waals surface area contributed by atoms with E-state index in [4.69, 9.17) is 10.5 Å². The van der Waals surface area contributed by atoms with E-state index in [1.165, 1.54) is 13.4 Å². The highest BCUT2D eigenvalue weighted by atomic mass is 127. The van der Waals surface area contributed by atoms with Gasteiger partial charge in [-0.1, -0.05) is 0 Å². The van der Waals surface area contributed by atoms with E-state index in [0.717, 1.165) is 3.57 Å². The number of rotatable bonds is 2. The molecule has 0 saturated carbocycles. The number of aromatic nitrogens is 4. The molecule has 0 spiro atoms. The number of halogens is 1. The SMILES string of the molecule is COc1c(N)ncnc1-n1cc(I)cn1. The van der Waals surface area contributed by atoms with Crippen LogP contribution in [0.5, 0.6) is 5.75 Å². The van der Waals surface area contributed by atoms with Gasteiger partial charge < -0.3 is 10.5 Å². The Kier molecular flexibility index (Phi) is 2.71. The highest BCUT2D eigenvalue weighted by Crippen LogP contribution is 2.24. The van der Waals surface area contributed by atoms with E-state index in [1.54, 1.807) is 10.9 Å². The third kappa shape index (κ3) is 1.87. The van der Waals surface area contributed by atoms with Crippen molar-refractivity contribution in [2.45, 2.75) is 0 Å². The summed E-state index contributed by atoms with van der Waals surface area (Å²) in [5.74, 6) is 1.26. The Morgan fingerprint density at radius 2 is 2.27 bits per heavy atom. The second-order valence-electron chi connectivity index (χ2n) is 2.72. The molecule has 2 rings (SSSR count). The zero-order chi connectivity index (χ0) is 10.8. The number of hydrogen-bond acceptors (Lipinski definition) is 5. The van der Waals surface area contributed by atoms with Gasteiger partial charge in [-0.3, -0.25) is 0 Å². The molecule has 2 aromatic rings. The zero-order valence-corrected chi connectivity index (χ0v) is 10.0. The number of ether oxygens (including phenoxy) is 1. The fourth-order valence-electron chi connectivity index (χ4n) is 1.15. The molecule has 2 heterocycles. The maximum atomic E-state index is 5.66. The molecule has 7 heteroatoms. The fraction of sp³-hybridized carbons (Fsp3) is 0.125. The second kappa shape index (κ2) is 4.01. The maximum Gasteiger partial charge on any atom is 0.206 e. The Balaban J connectivity index is 2.57. The molecular formula is C8H8IN5O. The fourth-order valence-corrected chi connectivity index (χ4v) is 1.54. The minimum absolute atomic E-state index is 0.299. The summed E-state index contributed by atoms with van der Waals surface area (Å²) in [5.41, 5.74) is 5.66. The molecule has 0 atom stereocenters. The molecule has 15 heavy (non-hydrogen) atoms. The Morgan fingerprint density at radius 1 is 1.47 bits per heavy atom. The van der Waals surface area contributed by atoms with Crippen molar-refractivity contribution in [2.24, 2.45) is 0 Å². The van der Waals surface area contributed by atoms with Crippen LogP contribution in [0.4, 0.5) is 5.82 Å². The van der Waals surface area contributed by atoms with Crippen molar-refractivity contribution in [2.75, 3.05) is 12.8 Å². The molecule has 0 aromatic carbocycles. The van der Waals surface area contributed by atoms with Gasteiger partial charge in [0.2, 0.25) is 11.6 Å². The van der Waals surface area contributed by atoms with Gasteiger partial charge in [-0.25, -0.2) is 14.6 Å². The quantitative estimate of drug-likeness (QED) is 0.831. The molecule has 78 valence electrons. The van der Waals surface area contributed by atoms with Gasteiger partial charge in [0, 0.05) is 6.20 Å². The molecule has 0 aliphatic heterocycles. The van der Waals surface area contributed by atoms with Crippen molar-refractivity contribution < 1.29 is 4.74 Å². The van der Waals surface area contributed by atoms with Gasteiger partial charge >= 0.3 is 0 Å². The molecule has 2 N–H and O–H groups in total. The Bertz CT molecular complexity index is 484. The summed E-state index contributed by atoms with van der Waals surface area (Å²) >= 11 is 2.16. The van der Waals surface area contributed by atoms with Crippen LogP contribution in [0.3, 0.4) is 0 Å². The molecule has 0 saturated heterocycles. The van der Waals surface area contributed by atoms with Crippen LogP contribution in [0.1, 0.15) is 0 Å². The van der Waals surface area contributed by atoms with Crippen LogP contribution in [0.2, 0.25) is 0 Å². The monoisotopic (exact) mass is 317 g/mol. The normalized spacial score (nSPS) is 10.3. The molecule has 0 aliphatic carbocycles. The first-order chi connectivity index (χ1) is 7.22. The largest absolute Gasteiger partial charge is 0.490 e. The third-order valence-electron chi connectivity index (χ3n) is 1.78. The molecule has 0 unspecified atom stereocenters. The average Bonchev–Trinajstić information content (AvgIpc) is 2.64. The summed E-state index contributed by atoms with van der Waals surface area (Å²) < 4.78 is 7.73. The van der Waals surface area contributed by atoms with Crippen molar-refractivity contribution in [3.05, 3.63) is 22.3 Å². The lowest BCUT2D eigenvalue weighted by Gasteiger charge is -2.07. The Labute approximate surface area is 99.6 Å². The second-order valence-corrected chi connectivity index (χ2v) is 3.96. The van der Waals surface area contributed by atoms with Crippen LogP contribution in [0.15, 0.2) is 18.7 Å². The maximum absolute atomic E-state index is 5.66. The minimum atomic E-state index is 0.299. The number of methoxy groups -OCH3 is 1. The topological polar surface area (TPSA) is 78.9 Å². The molecule has 0 aliphatic rings. The molecular weight excluding hydrogens is 309 g/mol. The van der Waals surface area contributed by atoms with Crippen LogP contribution in [-0.2, 0) is 0 Å². The lowest BCUT2D eigenvalue weighted by atomic mass is 10.5. The molecule has 0 amide bonds. The smallest absolute Gasteiger partial charge is 0.206 e. The van der Waals surface area contributed by atoms with Crippen molar-refractivity contribution in [1.29, 1.82) is 0 Å². The lowest BCUT2D eigenvalue weighted by molar-refractivity contribution is 0.409. The van der Waals surface area contributed by atoms with E-state index in [-0.39, 0.29) is 0 Å². The predicted molar refractivity (Wildman–Crippen MR) is 62.8 cm³/mol. The van der Waals surface area contributed by atoms with Crippen molar-refractivity contribution >= 4 is 28.4 Å². The van der Waals surface area contributed by atoms with Crippen molar-refractivity contribution in [3.8, 4) is 11.6 Å². The van der Waals surface area contributed by atoms with E-state index in [2.05, 4.69) is 37.7 Å². The molecule has 0 fully saturated rings. The number of nitrogen functional groups attached to an aromatic ring is 1. The average molecular weight is 317 g/mol. The summed E-state index contributed by atoms with van der Waals surface area (Å²) in [6, 6.07) is 0. The standard InChI is InChI=1S/C8H8IN5O/c1-15-6-7(10)11-4-12-8(6)14-3-5(9)2-13-14/h2-4H,1H3,(H2,10,11,12). The van der Waals surface area contributed by atoms with Gasteiger partial charge in [-0.15, -0.1) is 0 Å². The van der Waals surface area contributed by atoms with Crippen LogP contribution >= 0.6 is 22.6 Å². The van der Waals surface area contributed by atoms with Crippen LogP contribution in [0.25, 0.3) is 5.82 Å². The molecule has 0 bridgehead atoms. The van der Waals surface area contributed by atoms with E-state index >= 15 is 0 Å². The number of hydrogen-bond donors (Lipinski definition) is 1. The summed E-state index contributed by atoms with van der Waals surface area (Å²) in [4.78, 5) is 7.92. The Hall–Kier alpha value is -1.38. The highest BCUT2D eigenvalue weighted by molar-refractivity contribution is 14.1. The number of anilines is 1. The first-order valence-electron chi connectivity index (χ1n) is 4.07. The van der Waals surface area contributed by atoms with Gasteiger partial charge in [-0.2, -0.15) is 5.10 Å². The van der Waals surface area contributed by atoms with Gasteiger partial charge in [0.1, 0.15) is 6.33 Å². The van der Waals surface area contributed by atoms with Crippen LogP contribution in [-0.4, -0.2) is 26.9 Å². The zero-order valence-electron chi connectivity index (χ0n) is 7.88. The van der Waals surface area contributed by atoms with E-state index < -0.39 is 0 Å². The van der Waals surface area contributed by atoms with Crippen LogP contribution < -0.4 is 10.5 Å². The molecule has 6 nitrogen and oxygen atoms in total. The predicted octanol–water partition coefficient (Wildman–Crippen LogP) is 0.858. The minimum Gasteiger partial charge on any atom is -0.490 e. The molecule has 2 aromatic heterocycles. The van der Waals surface area contributed by atoms with Crippen molar-refractivity contribution in [3.63, 3.8) is 0 Å². The van der Waals surface area contributed by atoms with E-state index in [0.29, 0.717) is 17.4 Å². The first kappa shape index (κ1) is 10.1. The van der Waals surface area contributed by atoms with Crippen LogP contribution in [0, 0.1) is 3.57 Å². The Morgan fingerprint density at radius 3 is 2.87 bits per heavy atom.